The number of pyridine rings is 1. The molecule has 0 radical (unpaired) electrons. The summed E-state index contributed by atoms with van der Waals surface area (Å²) >= 11 is 6.17. The lowest BCUT2D eigenvalue weighted by molar-refractivity contribution is 0.0950. The molecule has 26 heavy (non-hydrogen) atoms. The van der Waals surface area contributed by atoms with Gasteiger partial charge in [0.1, 0.15) is 0 Å². The van der Waals surface area contributed by atoms with E-state index in [4.69, 9.17) is 11.6 Å². The van der Waals surface area contributed by atoms with Crippen molar-refractivity contribution in [2.45, 2.75) is 25.8 Å². The predicted octanol–water partition coefficient (Wildman–Crippen LogP) is 2.67. The number of hydrogen-bond acceptors (Lipinski definition) is 3. The van der Waals surface area contributed by atoms with Crippen LogP contribution in [0.4, 0.5) is 0 Å². The molecule has 1 atom stereocenters. The minimum absolute atomic E-state index is 0.151. The molecular weight excluding hydrogens is 350 g/mol. The summed E-state index contributed by atoms with van der Waals surface area (Å²) in [6.07, 6.45) is 4.98. The van der Waals surface area contributed by atoms with Crippen molar-refractivity contribution in [3.63, 3.8) is 0 Å². The largest absolute Gasteiger partial charge is 0.352 e. The average molecular weight is 374 g/mol. The fraction of sp³-hybridized carbons (Fsp3) is 0.400. The average Bonchev–Trinajstić information content (AvgIpc) is 2.66. The molecule has 1 aromatic carbocycles. The van der Waals surface area contributed by atoms with Gasteiger partial charge in [0.25, 0.3) is 11.5 Å². The summed E-state index contributed by atoms with van der Waals surface area (Å²) in [4.78, 5) is 24.5. The maximum absolute atomic E-state index is 12.4. The molecule has 2 heterocycles. The molecule has 1 aliphatic heterocycles. The van der Waals surface area contributed by atoms with Gasteiger partial charge in [-0.3, -0.25) is 9.59 Å². The zero-order chi connectivity index (χ0) is 18.4. The lowest BCUT2D eigenvalue weighted by atomic mass is 9.96. The van der Waals surface area contributed by atoms with Gasteiger partial charge in [-0.25, -0.2) is 0 Å². The third-order valence-corrected chi connectivity index (χ3v) is 5.15. The third-order valence-electron chi connectivity index (χ3n) is 4.78. The summed E-state index contributed by atoms with van der Waals surface area (Å²) in [7, 11) is 0. The minimum Gasteiger partial charge on any atom is -0.352 e. The molecule has 1 aliphatic rings. The quantitative estimate of drug-likeness (QED) is 0.818. The van der Waals surface area contributed by atoms with Crippen molar-refractivity contribution in [1.29, 1.82) is 0 Å². The Bertz CT molecular complexity index is 813. The maximum atomic E-state index is 12.4. The Labute approximate surface area is 158 Å². The number of rotatable bonds is 6. The fourth-order valence-electron chi connectivity index (χ4n) is 3.26. The van der Waals surface area contributed by atoms with E-state index < -0.39 is 0 Å². The van der Waals surface area contributed by atoms with Gasteiger partial charge in [-0.1, -0.05) is 29.8 Å². The molecule has 3 rings (SSSR count). The number of piperidine rings is 1. The van der Waals surface area contributed by atoms with Crippen molar-refractivity contribution in [1.82, 2.24) is 15.2 Å². The minimum atomic E-state index is -0.158. The first kappa shape index (κ1) is 18.7. The highest BCUT2D eigenvalue weighted by Crippen LogP contribution is 2.16. The standard InChI is InChI=1S/C20H24ClN3O2/c21-18-6-2-1-5-16(18)13-24-14-17(7-8-19(24)25)20(26)23-11-9-15-4-3-10-22-12-15/h1-2,5-8,14-15,22H,3-4,9-13H2,(H,23,26). The van der Waals surface area contributed by atoms with Gasteiger partial charge in [-0.05, 0) is 56.0 Å². The lowest BCUT2D eigenvalue weighted by Crippen LogP contribution is -2.33. The van der Waals surface area contributed by atoms with Crippen molar-refractivity contribution >= 4 is 17.5 Å². The number of benzene rings is 1. The van der Waals surface area contributed by atoms with Gasteiger partial charge in [0, 0.05) is 23.8 Å². The Hall–Kier alpha value is -2.11. The summed E-state index contributed by atoms with van der Waals surface area (Å²) < 4.78 is 1.52. The van der Waals surface area contributed by atoms with Crippen LogP contribution in [0.3, 0.4) is 0 Å². The van der Waals surface area contributed by atoms with Gasteiger partial charge < -0.3 is 15.2 Å². The highest BCUT2D eigenvalue weighted by atomic mass is 35.5. The molecule has 0 aliphatic carbocycles. The van der Waals surface area contributed by atoms with Crippen LogP contribution in [0.1, 0.15) is 35.2 Å². The van der Waals surface area contributed by atoms with E-state index in [0.29, 0.717) is 29.6 Å². The maximum Gasteiger partial charge on any atom is 0.252 e. The van der Waals surface area contributed by atoms with Gasteiger partial charge in [0.2, 0.25) is 0 Å². The molecule has 5 nitrogen and oxygen atoms in total. The summed E-state index contributed by atoms with van der Waals surface area (Å²) in [5.74, 6) is 0.472. The second kappa shape index (κ2) is 9.01. The first-order chi connectivity index (χ1) is 12.6. The normalized spacial score (nSPS) is 17.0. The number of hydrogen-bond donors (Lipinski definition) is 2. The lowest BCUT2D eigenvalue weighted by Gasteiger charge is -2.22. The van der Waals surface area contributed by atoms with Crippen molar-refractivity contribution in [3.05, 3.63) is 69.1 Å². The molecule has 1 saturated heterocycles. The molecule has 0 spiro atoms. The molecule has 0 bridgehead atoms. The van der Waals surface area contributed by atoms with Gasteiger partial charge in [0.05, 0.1) is 12.1 Å². The van der Waals surface area contributed by atoms with E-state index in [1.54, 1.807) is 18.3 Å². The molecule has 1 fully saturated rings. The molecular formula is C20H24ClN3O2. The highest BCUT2D eigenvalue weighted by molar-refractivity contribution is 6.31. The molecule has 1 aromatic heterocycles. The molecule has 1 amide bonds. The summed E-state index contributed by atoms with van der Waals surface area (Å²) in [5, 5.41) is 6.95. The van der Waals surface area contributed by atoms with E-state index in [0.717, 1.165) is 25.1 Å². The Morgan fingerprint density at radius 1 is 1.27 bits per heavy atom. The SMILES string of the molecule is O=C(NCCC1CCCNC1)c1ccc(=O)n(Cc2ccccc2Cl)c1. The van der Waals surface area contributed by atoms with E-state index >= 15 is 0 Å². The van der Waals surface area contributed by atoms with Crippen molar-refractivity contribution in [2.24, 2.45) is 5.92 Å². The molecule has 2 N–H and O–H groups in total. The van der Waals surface area contributed by atoms with Crippen LogP contribution in [0.2, 0.25) is 5.02 Å². The Kier molecular flexibility index (Phi) is 6.47. The Morgan fingerprint density at radius 3 is 2.88 bits per heavy atom. The second-order valence-electron chi connectivity index (χ2n) is 6.73. The monoisotopic (exact) mass is 373 g/mol. The number of carbonyl (C=O) groups is 1. The van der Waals surface area contributed by atoms with E-state index in [1.165, 1.54) is 23.5 Å². The molecule has 1 unspecified atom stereocenters. The number of aromatic nitrogens is 1. The van der Waals surface area contributed by atoms with E-state index in [2.05, 4.69) is 10.6 Å². The van der Waals surface area contributed by atoms with Crippen molar-refractivity contribution in [2.75, 3.05) is 19.6 Å². The fourth-order valence-corrected chi connectivity index (χ4v) is 3.46. The number of nitrogens with zero attached hydrogens (tertiary/aromatic N) is 1. The van der Waals surface area contributed by atoms with Crippen molar-refractivity contribution < 1.29 is 4.79 Å². The number of halogens is 1. The van der Waals surface area contributed by atoms with Gasteiger partial charge >= 0.3 is 0 Å². The molecule has 2 aromatic rings. The van der Waals surface area contributed by atoms with E-state index in [1.807, 2.05) is 18.2 Å². The number of carbonyl (C=O) groups excluding carboxylic acids is 1. The zero-order valence-electron chi connectivity index (χ0n) is 14.7. The van der Waals surface area contributed by atoms with Crippen LogP contribution in [-0.2, 0) is 6.54 Å². The van der Waals surface area contributed by atoms with E-state index in [9.17, 15) is 9.59 Å². The highest BCUT2D eigenvalue weighted by Gasteiger charge is 2.14. The van der Waals surface area contributed by atoms with Crippen LogP contribution in [0, 0.1) is 5.92 Å². The second-order valence-corrected chi connectivity index (χ2v) is 7.14. The zero-order valence-corrected chi connectivity index (χ0v) is 15.5. The van der Waals surface area contributed by atoms with Gasteiger partial charge in [-0.15, -0.1) is 0 Å². The summed E-state index contributed by atoms with van der Waals surface area (Å²) in [5.41, 5.74) is 1.17. The third kappa shape index (κ3) is 4.96. The van der Waals surface area contributed by atoms with Crippen LogP contribution < -0.4 is 16.2 Å². The van der Waals surface area contributed by atoms with E-state index in [-0.39, 0.29) is 11.5 Å². The molecule has 0 saturated carbocycles. The van der Waals surface area contributed by atoms with Gasteiger partial charge in [-0.2, -0.15) is 0 Å². The first-order valence-electron chi connectivity index (χ1n) is 9.06. The summed E-state index contributed by atoms with van der Waals surface area (Å²) in [6, 6.07) is 10.4. The molecule has 6 heteroatoms. The van der Waals surface area contributed by atoms with Crippen LogP contribution in [-0.4, -0.2) is 30.1 Å². The topological polar surface area (TPSA) is 63.1 Å². The Balaban J connectivity index is 1.61. The Morgan fingerprint density at radius 2 is 2.12 bits per heavy atom. The number of nitrogens with one attached hydrogen (secondary N) is 2. The van der Waals surface area contributed by atoms with Crippen LogP contribution >= 0.6 is 11.6 Å². The summed E-state index contributed by atoms with van der Waals surface area (Å²) in [6.45, 7) is 3.11. The number of amides is 1. The van der Waals surface area contributed by atoms with Crippen molar-refractivity contribution in [3.8, 4) is 0 Å². The first-order valence-corrected chi connectivity index (χ1v) is 9.44. The van der Waals surface area contributed by atoms with Gasteiger partial charge in [0.15, 0.2) is 0 Å². The van der Waals surface area contributed by atoms with Crippen LogP contribution in [0.15, 0.2) is 47.4 Å². The smallest absolute Gasteiger partial charge is 0.252 e. The van der Waals surface area contributed by atoms with Crippen LogP contribution in [0.5, 0.6) is 0 Å². The predicted molar refractivity (Wildman–Crippen MR) is 104 cm³/mol. The van der Waals surface area contributed by atoms with Crippen LogP contribution in [0.25, 0.3) is 0 Å². The molecule has 138 valence electrons.